The van der Waals surface area contributed by atoms with Gasteiger partial charge in [0.2, 0.25) is 0 Å². The molecule has 0 aromatic heterocycles. The van der Waals surface area contributed by atoms with Gasteiger partial charge in [-0.1, -0.05) is 185 Å². The highest BCUT2D eigenvalue weighted by atomic mass is 28.4. The molecule has 7 heteroatoms. The van der Waals surface area contributed by atoms with Crippen LogP contribution in [-0.2, 0) is 20.2 Å². The van der Waals surface area contributed by atoms with Crippen molar-refractivity contribution in [2.75, 3.05) is 7.11 Å². The summed E-state index contributed by atoms with van der Waals surface area (Å²) in [5, 5.41) is 0.108. The summed E-state index contributed by atoms with van der Waals surface area (Å²) >= 11 is 0. The summed E-state index contributed by atoms with van der Waals surface area (Å²) in [6, 6.07) is 25.6. The van der Waals surface area contributed by atoms with Crippen LogP contribution in [0.4, 0.5) is 0 Å². The van der Waals surface area contributed by atoms with Gasteiger partial charge in [-0.25, -0.2) is 0 Å². The number of benzene rings is 3. The fourth-order valence-corrected chi connectivity index (χ4v) is 10.8. The van der Waals surface area contributed by atoms with E-state index in [9.17, 15) is 4.79 Å². The molecule has 346 valence electrons. The Kier molecular flexibility index (Phi) is 20.1. The second-order valence-corrected chi connectivity index (χ2v) is 30.8. The highest BCUT2D eigenvalue weighted by Crippen LogP contribution is 2.42. The molecule has 3 aromatic rings. The number of allylic oxidation sites excluding steroid dienone is 3. The summed E-state index contributed by atoms with van der Waals surface area (Å²) in [5.41, 5.74) is 4.84. The molecular formula is C56H84O5Si2. The van der Waals surface area contributed by atoms with Crippen LogP contribution in [0.5, 0.6) is 5.75 Å². The number of methoxy groups -OCH3 is 1. The summed E-state index contributed by atoms with van der Waals surface area (Å²) in [5.74, 6) is 1.60. The normalized spacial score (nSPS) is 17.2. The minimum Gasteiger partial charge on any atom is -0.497 e. The number of hydrogen-bond acceptors (Lipinski definition) is 5. The average Bonchev–Trinajstić information content (AvgIpc) is 3.22. The van der Waals surface area contributed by atoms with Crippen LogP contribution in [0.15, 0.2) is 121 Å². The van der Waals surface area contributed by atoms with E-state index in [1.807, 2.05) is 72.8 Å². The van der Waals surface area contributed by atoms with Gasteiger partial charge in [0.05, 0.1) is 32.0 Å². The molecular weight excluding hydrogens is 809 g/mol. The second kappa shape index (κ2) is 23.5. The summed E-state index contributed by atoms with van der Waals surface area (Å²) in [4.78, 5) is 13.3. The third kappa shape index (κ3) is 15.8. The third-order valence-corrected chi connectivity index (χ3v) is 22.7. The van der Waals surface area contributed by atoms with Gasteiger partial charge in [-0.3, -0.25) is 4.79 Å². The van der Waals surface area contributed by atoms with Crippen molar-refractivity contribution in [3.63, 3.8) is 0 Å². The first kappa shape index (κ1) is 53.7. The first-order valence-corrected chi connectivity index (χ1v) is 29.1. The highest BCUT2D eigenvalue weighted by Gasteiger charge is 2.44. The number of carbonyl (C=O) groups excluding carboxylic acids is 1. The zero-order valence-electron chi connectivity index (χ0n) is 42.3. The van der Waals surface area contributed by atoms with Gasteiger partial charge >= 0.3 is 0 Å². The SMILES string of the molecule is C=C/C=C\[C@H](C)[C@H](OCc1ccc(OC)cc1)[C@@H](C)[C@H](O[Si](C)(C)C(C)(C)C)[C@@H](C)C/C(C)=C\[C@H](C)[C@@H](O[Si](C)(C)C(C)(C)C)[C@@H](C)/C=C\c1cccc(C(=O)c2ccccc2)c1. The van der Waals surface area contributed by atoms with E-state index >= 15 is 0 Å². The second-order valence-electron chi connectivity index (χ2n) is 21.2. The van der Waals surface area contributed by atoms with E-state index in [0.717, 1.165) is 23.3 Å². The molecule has 0 N–H and O–H groups in total. The lowest BCUT2D eigenvalue weighted by Crippen LogP contribution is -2.50. The Balaban J connectivity index is 1.97. The molecule has 0 aliphatic heterocycles. The van der Waals surface area contributed by atoms with E-state index in [4.69, 9.17) is 18.3 Å². The standard InChI is InChI=1S/C56H84O5Si2/c1-19-20-25-41(3)53(59-39-47-32-34-50(58-14)35-33-47)45(7)54(61-63(17,18)56(11,12)13)44(6)37-40(2)36-43(5)52(60-62(15,16)55(8,9)10)42(4)30-31-46-26-24-29-49(38-46)51(57)48-27-22-21-23-28-48/h19-36,38,41-45,52-54H,1,37,39H2,2-18H3/b25-20-,31-30-,40-36-/t41-,42-,43-,44-,45+,52-,53-,54+/m0/s1. The van der Waals surface area contributed by atoms with Crippen molar-refractivity contribution in [1.29, 1.82) is 0 Å². The van der Waals surface area contributed by atoms with Gasteiger partial charge in [0.1, 0.15) is 5.75 Å². The Morgan fingerprint density at radius 1 is 0.698 bits per heavy atom. The summed E-state index contributed by atoms with van der Waals surface area (Å²) < 4.78 is 27.1. The minimum atomic E-state index is -2.19. The molecule has 5 nitrogen and oxygen atoms in total. The molecule has 0 aliphatic rings. The molecule has 3 aromatic carbocycles. The van der Waals surface area contributed by atoms with Gasteiger partial charge in [0.15, 0.2) is 22.4 Å². The largest absolute Gasteiger partial charge is 0.497 e. The van der Waals surface area contributed by atoms with Crippen LogP contribution >= 0.6 is 0 Å². The van der Waals surface area contributed by atoms with Crippen molar-refractivity contribution in [2.24, 2.45) is 29.6 Å². The first-order valence-electron chi connectivity index (χ1n) is 23.3. The maximum atomic E-state index is 13.3. The fraction of sp³-hybridized carbons (Fsp3) is 0.518. The summed E-state index contributed by atoms with van der Waals surface area (Å²) in [6.45, 7) is 41.6. The molecule has 63 heavy (non-hydrogen) atoms. The van der Waals surface area contributed by atoms with Gasteiger partial charge < -0.3 is 18.3 Å². The van der Waals surface area contributed by atoms with E-state index in [2.05, 4.69) is 158 Å². The van der Waals surface area contributed by atoms with Crippen LogP contribution in [0, 0.1) is 29.6 Å². The molecule has 0 bridgehead atoms. The van der Waals surface area contributed by atoms with E-state index in [-0.39, 0.29) is 63.8 Å². The Bertz CT molecular complexity index is 1960. The number of ether oxygens (including phenoxy) is 2. The summed E-state index contributed by atoms with van der Waals surface area (Å²) in [6.07, 6.45) is 13.7. The Morgan fingerprint density at radius 2 is 1.25 bits per heavy atom. The minimum absolute atomic E-state index is 0.0310. The molecule has 3 rings (SSSR count). The number of ketones is 1. The molecule has 0 fully saturated rings. The molecule has 0 unspecified atom stereocenters. The zero-order chi connectivity index (χ0) is 47.3. The molecule has 0 spiro atoms. The van der Waals surface area contributed by atoms with Crippen molar-refractivity contribution in [2.45, 2.75) is 151 Å². The Morgan fingerprint density at radius 3 is 1.81 bits per heavy atom. The first-order chi connectivity index (χ1) is 29.3. The van der Waals surface area contributed by atoms with Crippen LogP contribution in [0.2, 0.25) is 36.3 Å². The molecule has 8 atom stereocenters. The van der Waals surface area contributed by atoms with Gasteiger partial charge in [0.25, 0.3) is 0 Å². The van der Waals surface area contributed by atoms with E-state index in [1.165, 1.54) is 5.57 Å². The Hall–Kier alpha value is -3.60. The number of hydrogen-bond donors (Lipinski definition) is 0. The topological polar surface area (TPSA) is 54.0 Å². The maximum Gasteiger partial charge on any atom is 0.193 e. The van der Waals surface area contributed by atoms with E-state index in [0.29, 0.717) is 17.7 Å². The molecule has 0 aliphatic carbocycles. The molecule has 0 saturated carbocycles. The molecule has 0 radical (unpaired) electrons. The van der Waals surface area contributed by atoms with Crippen LogP contribution in [0.25, 0.3) is 6.08 Å². The third-order valence-electron chi connectivity index (χ3n) is 13.7. The molecule has 0 heterocycles. The van der Waals surface area contributed by atoms with Crippen molar-refractivity contribution in [3.05, 3.63) is 144 Å². The van der Waals surface area contributed by atoms with Gasteiger partial charge in [0, 0.05) is 23.0 Å². The number of rotatable bonds is 23. The average molecular weight is 893 g/mol. The van der Waals surface area contributed by atoms with Gasteiger partial charge in [-0.05, 0) is 96.7 Å². The van der Waals surface area contributed by atoms with E-state index < -0.39 is 16.6 Å². The predicted molar refractivity (Wildman–Crippen MR) is 275 cm³/mol. The quantitative estimate of drug-likeness (QED) is 0.0411. The Labute approximate surface area is 386 Å². The summed E-state index contributed by atoms with van der Waals surface area (Å²) in [7, 11) is -2.64. The number of carbonyl (C=O) groups is 1. The van der Waals surface area contributed by atoms with Crippen LogP contribution < -0.4 is 4.74 Å². The lowest BCUT2D eigenvalue weighted by atomic mass is 9.81. The maximum absolute atomic E-state index is 13.3. The van der Waals surface area contributed by atoms with Crippen LogP contribution in [-0.4, -0.2) is 47.8 Å². The highest BCUT2D eigenvalue weighted by molar-refractivity contribution is 6.74. The molecule has 0 amide bonds. The van der Waals surface area contributed by atoms with Crippen molar-refractivity contribution < 1.29 is 23.1 Å². The fourth-order valence-electron chi connectivity index (χ4n) is 7.86. The van der Waals surface area contributed by atoms with Crippen molar-refractivity contribution >= 4 is 28.5 Å². The van der Waals surface area contributed by atoms with Crippen molar-refractivity contribution in [3.8, 4) is 5.75 Å². The van der Waals surface area contributed by atoms with Crippen LogP contribution in [0.3, 0.4) is 0 Å². The zero-order valence-corrected chi connectivity index (χ0v) is 44.3. The van der Waals surface area contributed by atoms with Crippen molar-refractivity contribution in [1.82, 2.24) is 0 Å². The lowest BCUT2D eigenvalue weighted by molar-refractivity contribution is -0.0644. The monoisotopic (exact) mass is 893 g/mol. The smallest absolute Gasteiger partial charge is 0.193 e. The lowest BCUT2D eigenvalue weighted by Gasteiger charge is -2.45. The predicted octanol–water partition coefficient (Wildman–Crippen LogP) is 15.6. The molecule has 0 saturated heterocycles. The van der Waals surface area contributed by atoms with Gasteiger partial charge in [-0.15, -0.1) is 0 Å². The van der Waals surface area contributed by atoms with Gasteiger partial charge in [-0.2, -0.15) is 0 Å². The van der Waals surface area contributed by atoms with E-state index in [1.54, 1.807) is 7.11 Å². The van der Waals surface area contributed by atoms with Crippen LogP contribution in [0.1, 0.15) is 117 Å².